The topological polar surface area (TPSA) is 55.7 Å². The van der Waals surface area contributed by atoms with Crippen LogP contribution in [0, 0.1) is 18.7 Å². The molecule has 4 nitrogen and oxygen atoms in total. The molecule has 2 aliphatic rings. The monoisotopic (exact) mass is 411 g/mol. The average molecular weight is 411 g/mol. The molecule has 1 aromatic heterocycles. The van der Waals surface area contributed by atoms with Gasteiger partial charge in [-0.15, -0.1) is 11.3 Å². The van der Waals surface area contributed by atoms with Crippen molar-refractivity contribution in [3.8, 4) is 0 Å². The molecule has 2 aromatic rings. The first-order valence-electron chi connectivity index (χ1n) is 9.60. The summed E-state index contributed by atoms with van der Waals surface area (Å²) in [6.07, 6.45) is 0.971. The van der Waals surface area contributed by atoms with E-state index in [2.05, 4.69) is 4.99 Å². The third kappa shape index (κ3) is 3.57. The normalized spacial score (nSPS) is 24.2. The minimum atomic E-state index is -0.456. The molecule has 1 saturated carbocycles. The van der Waals surface area contributed by atoms with E-state index < -0.39 is 11.9 Å². The van der Waals surface area contributed by atoms with Crippen LogP contribution in [0.25, 0.3) is 0 Å². The number of ether oxygens (including phenoxy) is 1. The van der Waals surface area contributed by atoms with Crippen molar-refractivity contribution in [3.63, 3.8) is 0 Å². The number of benzene rings is 1. The number of hydrogen-bond acceptors (Lipinski definition) is 5. The summed E-state index contributed by atoms with van der Waals surface area (Å²) in [5.74, 6) is -1.52. The van der Waals surface area contributed by atoms with E-state index in [-0.39, 0.29) is 23.4 Å². The number of thiophene rings is 1. The van der Waals surface area contributed by atoms with Crippen molar-refractivity contribution < 1.29 is 18.7 Å². The molecule has 1 aliphatic carbocycles. The first kappa shape index (κ1) is 19.7. The molecule has 0 bridgehead atoms. The van der Waals surface area contributed by atoms with Gasteiger partial charge in [-0.1, -0.05) is 12.1 Å². The number of aryl methyl sites for hydroxylation is 1. The molecule has 4 rings (SSSR count). The van der Waals surface area contributed by atoms with Gasteiger partial charge in [0.2, 0.25) is 0 Å². The smallest absolute Gasteiger partial charge is 0.336 e. The highest BCUT2D eigenvalue weighted by molar-refractivity contribution is 7.12. The van der Waals surface area contributed by atoms with Crippen molar-refractivity contribution in [3.05, 3.63) is 68.8 Å². The van der Waals surface area contributed by atoms with Gasteiger partial charge in [0, 0.05) is 33.5 Å². The van der Waals surface area contributed by atoms with Crippen LogP contribution in [-0.4, -0.2) is 24.6 Å². The predicted octanol–water partition coefficient (Wildman–Crippen LogP) is 4.94. The van der Waals surface area contributed by atoms with Crippen LogP contribution in [0.15, 0.2) is 52.7 Å². The van der Waals surface area contributed by atoms with Crippen LogP contribution in [0.2, 0.25) is 0 Å². The number of ketones is 1. The van der Waals surface area contributed by atoms with Crippen LogP contribution in [-0.2, 0) is 14.3 Å². The molecular weight excluding hydrogens is 389 g/mol. The van der Waals surface area contributed by atoms with Gasteiger partial charge in [-0.2, -0.15) is 0 Å². The molecule has 0 radical (unpaired) electrons. The molecule has 0 N–H and O–H groups in total. The SMILES string of the molecule is COC(=O)C1=C(C)N=C2C[C@@H](c3ccc(F)cc3)CC(=O)C2[C@H]1c1ccc(C)s1. The number of halogens is 1. The first-order valence-corrected chi connectivity index (χ1v) is 10.4. The highest BCUT2D eigenvalue weighted by atomic mass is 32.1. The molecule has 6 heteroatoms. The van der Waals surface area contributed by atoms with Gasteiger partial charge in [0.05, 0.1) is 18.6 Å². The third-order valence-electron chi connectivity index (χ3n) is 5.77. The molecule has 150 valence electrons. The summed E-state index contributed by atoms with van der Waals surface area (Å²) in [7, 11) is 1.35. The van der Waals surface area contributed by atoms with E-state index in [1.165, 1.54) is 19.2 Å². The van der Waals surface area contributed by atoms with Gasteiger partial charge in [0.25, 0.3) is 0 Å². The number of hydrogen-bond donors (Lipinski definition) is 0. The molecule has 1 unspecified atom stereocenters. The van der Waals surface area contributed by atoms with E-state index >= 15 is 0 Å². The zero-order valence-electron chi connectivity index (χ0n) is 16.6. The molecule has 29 heavy (non-hydrogen) atoms. The summed E-state index contributed by atoms with van der Waals surface area (Å²) in [6, 6.07) is 10.3. The van der Waals surface area contributed by atoms with Crippen LogP contribution >= 0.6 is 11.3 Å². The molecular formula is C23H22FNO3S. The summed E-state index contributed by atoms with van der Waals surface area (Å²) in [5.41, 5.74) is 2.81. The lowest BCUT2D eigenvalue weighted by atomic mass is 9.67. The van der Waals surface area contributed by atoms with E-state index in [9.17, 15) is 14.0 Å². The van der Waals surface area contributed by atoms with Gasteiger partial charge < -0.3 is 4.74 Å². The number of Topliss-reactive ketones (excluding diaryl/α,β-unsaturated/α-hetero) is 1. The van der Waals surface area contributed by atoms with E-state index in [4.69, 9.17) is 4.74 Å². The summed E-state index contributed by atoms with van der Waals surface area (Å²) in [4.78, 5) is 32.7. The first-order chi connectivity index (χ1) is 13.9. The van der Waals surface area contributed by atoms with Gasteiger partial charge in [-0.05, 0) is 56.0 Å². The minimum absolute atomic E-state index is 0.0312. The fourth-order valence-corrected chi connectivity index (χ4v) is 5.48. The lowest BCUT2D eigenvalue weighted by Crippen LogP contribution is -2.40. The fourth-order valence-electron chi connectivity index (χ4n) is 4.45. The van der Waals surface area contributed by atoms with Crippen LogP contribution in [0.4, 0.5) is 4.39 Å². The lowest BCUT2D eigenvalue weighted by molar-refractivity contribution is -0.136. The van der Waals surface area contributed by atoms with E-state index in [0.717, 1.165) is 21.0 Å². The molecule has 2 heterocycles. The molecule has 1 aliphatic heterocycles. The number of allylic oxidation sites excluding steroid dienone is 1. The quantitative estimate of drug-likeness (QED) is 0.672. The molecule has 0 spiro atoms. The summed E-state index contributed by atoms with van der Waals surface area (Å²) in [6.45, 7) is 3.81. The Morgan fingerprint density at radius 3 is 2.45 bits per heavy atom. The lowest BCUT2D eigenvalue weighted by Gasteiger charge is -2.37. The van der Waals surface area contributed by atoms with Crippen molar-refractivity contribution >= 4 is 28.8 Å². The van der Waals surface area contributed by atoms with Crippen molar-refractivity contribution in [1.29, 1.82) is 0 Å². The number of nitrogens with zero attached hydrogens (tertiary/aromatic N) is 1. The van der Waals surface area contributed by atoms with Gasteiger partial charge in [-0.3, -0.25) is 9.79 Å². The number of carbonyl (C=O) groups is 2. The van der Waals surface area contributed by atoms with Crippen molar-refractivity contribution in [2.24, 2.45) is 10.9 Å². The van der Waals surface area contributed by atoms with Gasteiger partial charge >= 0.3 is 5.97 Å². The van der Waals surface area contributed by atoms with Crippen LogP contribution in [0.1, 0.15) is 46.9 Å². The second-order valence-corrected chi connectivity index (χ2v) is 8.94. The summed E-state index contributed by atoms with van der Waals surface area (Å²) in [5, 5.41) is 0. The van der Waals surface area contributed by atoms with Gasteiger partial charge in [0.15, 0.2) is 0 Å². The second kappa shape index (κ2) is 7.67. The molecule has 1 fully saturated rings. The zero-order valence-corrected chi connectivity index (χ0v) is 17.4. The van der Waals surface area contributed by atoms with Crippen molar-refractivity contribution in [2.45, 2.75) is 38.5 Å². The second-order valence-electron chi connectivity index (χ2n) is 7.62. The molecule has 0 saturated heterocycles. The Hall–Kier alpha value is -2.60. The van der Waals surface area contributed by atoms with Crippen LogP contribution < -0.4 is 0 Å². The molecule has 1 aromatic carbocycles. The zero-order chi connectivity index (χ0) is 20.7. The summed E-state index contributed by atoms with van der Waals surface area (Å²) < 4.78 is 18.3. The Labute approximate surface area is 173 Å². The highest BCUT2D eigenvalue weighted by Gasteiger charge is 2.46. The van der Waals surface area contributed by atoms with Gasteiger partial charge in [0.1, 0.15) is 11.6 Å². The molecule has 0 amide bonds. The number of fused-ring (bicyclic) bond motifs is 1. The van der Waals surface area contributed by atoms with E-state index in [1.54, 1.807) is 30.4 Å². The summed E-state index contributed by atoms with van der Waals surface area (Å²) >= 11 is 1.59. The van der Waals surface area contributed by atoms with Crippen molar-refractivity contribution in [2.75, 3.05) is 7.11 Å². The molecule has 3 atom stereocenters. The number of rotatable bonds is 3. The maximum Gasteiger partial charge on any atom is 0.336 e. The van der Waals surface area contributed by atoms with Crippen LogP contribution in [0.5, 0.6) is 0 Å². The Balaban J connectivity index is 1.77. The van der Waals surface area contributed by atoms with E-state index in [1.807, 2.05) is 19.1 Å². The standard InChI is InChI=1S/C23H22FNO3S/c1-12-4-9-19(29-12)22-20(23(27)28-3)13(2)25-17-10-15(11-18(26)21(17)22)14-5-7-16(24)8-6-14/h4-9,15,21-22H,10-11H2,1-3H3/t15-,21?,22+/m1/s1. The minimum Gasteiger partial charge on any atom is -0.466 e. The maximum atomic E-state index is 13.3. The Morgan fingerprint density at radius 2 is 1.83 bits per heavy atom. The number of aliphatic imine (C=N–C) groups is 1. The van der Waals surface area contributed by atoms with E-state index in [0.29, 0.717) is 24.1 Å². The fraction of sp³-hybridized carbons (Fsp3) is 0.348. The largest absolute Gasteiger partial charge is 0.466 e. The maximum absolute atomic E-state index is 13.3. The number of methoxy groups -OCH3 is 1. The number of carbonyl (C=O) groups excluding carboxylic acids is 2. The Kier molecular flexibility index (Phi) is 5.21. The third-order valence-corrected chi connectivity index (χ3v) is 6.85. The average Bonchev–Trinajstić information content (AvgIpc) is 3.12. The highest BCUT2D eigenvalue weighted by Crippen LogP contribution is 2.47. The van der Waals surface area contributed by atoms with Gasteiger partial charge in [-0.25, -0.2) is 9.18 Å². The number of esters is 1. The van der Waals surface area contributed by atoms with Crippen LogP contribution in [0.3, 0.4) is 0 Å². The van der Waals surface area contributed by atoms with Crippen molar-refractivity contribution in [1.82, 2.24) is 0 Å². The Bertz CT molecular complexity index is 1030. The Morgan fingerprint density at radius 1 is 1.10 bits per heavy atom. The predicted molar refractivity (Wildman–Crippen MR) is 111 cm³/mol.